The lowest BCUT2D eigenvalue weighted by molar-refractivity contribution is -0.384. The molecule has 0 unspecified atom stereocenters. The maximum atomic E-state index is 12.1. The summed E-state index contributed by atoms with van der Waals surface area (Å²) in [6.07, 6.45) is -0.741. The van der Waals surface area contributed by atoms with E-state index in [-0.39, 0.29) is 17.5 Å². The fourth-order valence-electron chi connectivity index (χ4n) is 2.22. The average molecular weight is 328 g/mol. The molecule has 0 aliphatic rings. The van der Waals surface area contributed by atoms with Gasteiger partial charge in [0.15, 0.2) is 6.10 Å². The van der Waals surface area contributed by atoms with Gasteiger partial charge in [-0.15, -0.1) is 0 Å². The summed E-state index contributed by atoms with van der Waals surface area (Å²) in [7, 11) is 0. The van der Waals surface area contributed by atoms with Gasteiger partial charge < -0.3 is 10.1 Å². The summed E-state index contributed by atoms with van der Waals surface area (Å²) in [6, 6.07) is 15.7. The molecule has 2 aromatic rings. The van der Waals surface area contributed by atoms with Crippen LogP contribution < -0.4 is 10.1 Å². The number of nitro benzene ring substituents is 1. The number of carbonyl (C=O) groups excluding carboxylic acids is 1. The standard InChI is InChI=1S/C18H20N2O4/c1-13(15-7-4-3-5-8-15)12-19-18(21)14(2)24-17-10-6-9-16(11-17)20(22)23/h3-11,13-14H,12H2,1-2H3,(H,19,21)/t13-,14-/m0/s1. The van der Waals surface area contributed by atoms with Crippen LogP contribution in [0.3, 0.4) is 0 Å². The van der Waals surface area contributed by atoms with E-state index in [2.05, 4.69) is 5.32 Å². The summed E-state index contributed by atoms with van der Waals surface area (Å²) in [5.41, 5.74) is 1.07. The van der Waals surface area contributed by atoms with Crippen molar-refractivity contribution in [3.63, 3.8) is 0 Å². The Labute approximate surface area is 140 Å². The van der Waals surface area contributed by atoms with Crippen LogP contribution in [0, 0.1) is 10.1 Å². The predicted octanol–water partition coefficient (Wildman–Crippen LogP) is 3.28. The third-order valence-corrected chi connectivity index (χ3v) is 3.66. The quantitative estimate of drug-likeness (QED) is 0.624. The van der Waals surface area contributed by atoms with Gasteiger partial charge in [-0.05, 0) is 24.5 Å². The maximum absolute atomic E-state index is 12.1. The minimum absolute atomic E-state index is 0.0715. The van der Waals surface area contributed by atoms with Crippen molar-refractivity contribution in [2.45, 2.75) is 25.9 Å². The molecule has 0 aliphatic heterocycles. The van der Waals surface area contributed by atoms with Crippen molar-refractivity contribution in [2.24, 2.45) is 0 Å². The second-order valence-corrected chi connectivity index (χ2v) is 5.57. The first-order chi connectivity index (χ1) is 11.5. The molecule has 0 radical (unpaired) electrons. The third kappa shape index (κ3) is 4.81. The van der Waals surface area contributed by atoms with Crippen LogP contribution in [0.25, 0.3) is 0 Å². The van der Waals surface area contributed by atoms with Crippen molar-refractivity contribution in [1.82, 2.24) is 5.32 Å². The van der Waals surface area contributed by atoms with E-state index < -0.39 is 11.0 Å². The zero-order valence-electron chi connectivity index (χ0n) is 13.6. The van der Waals surface area contributed by atoms with E-state index in [1.807, 2.05) is 37.3 Å². The number of rotatable bonds is 7. The molecule has 0 fully saturated rings. The number of non-ortho nitro benzene ring substituents is 1. The van der Waals surface area contributed by atoms with E-state index in [4.69, 9.17) is 4.74 Å². The van der Waals surface area contributed by atoms with Gasteiger partial charge in [0.2, 0.25) is 0 Å². The van der Waals surface area contributed by atoms with Crippen LogP contribution in [0.15, 0.2) is 54.6 Å². The van der Waals surface area contributed by atoms with Crippen molar-refractivity contribution in [1.29, 1.82) is 0 Å². The zero-order chi connectivity index (χ0) is 17.5. The Bertz CT molecular complexity index is 703. The SMILES string of the molecule is C[C@H](Oc1cccc([N+](=O)[O-])c1)C(=O)NC[C@H](C)c1ccccc1. The van der Waals surface area contributed by atoms with Crippen LogP contribution in [0.1, 0.15) is 25.3 Å². The Hall–Kier alpha value is -2.89. The highest BCUT2D eigenvalue weighted by molar-refractivity contribution is 5.80. The Balaban J connectivity index is 1.88. The van der Waals surface area contributed by atoms with Gasteiger partial charge in [0.25, 0.3) is 11.6 Å². The molecule has 0 aromatic heterocycles. The molecule has 24 heavy (non-hydrogen) atoms. The largest absolute Gasteiger partial charge is 0.481 e. The minimum atomic E-state index is -0.741. The van der Waals surface area contributed by atoms with Gasteiger partial charge in [-0.1, -0.05) is 43.3 Å². The first-order valence-electron chi connectivity index (χ1n) is 7.71. The lowest BCUT2D eigenvalue weighted by atomic mass is 10.0. The normalized spacial score (nSPS) is 12.9. The van der Waals surface area contributed by atoms with Gasteiger partial charge in [-0.2, -0.15) is 0 Å². The number of carbonyl (C=O) groups is 1. The predicted molar refractivity (Wildman–Crippen MR) is 91.1 cm³/mol. The highest BCUT2D eigenvalue weighted by atomic mass is 16.6. The number of hydrogen-bond acceptors (Lipinski definition) is 4. The number of hydrogen-bond donors (Lipinski definition) is 1. The molecule has 0 aliphatic carbocycles. The summed E-state index contributed by atoms with van der Waals surface area (Å²) in [6.45, 7) is 4.13. The van der Waals surface area contributed by atoms with E-state index >= 15 is 0 Å². The van der Waals surface area contributed by atoms with Crippen molar-refractivity contribution < 1.29 is 14.5 Å². The molecular formula is C18H20N2O4. The van der Waals surface area contributed by atoms with Gasteiger partial charge >= 0.3 is 0 Å². The number of nitrogens with zero attached hydrogens (tertiary/aromatic N) is 1. The molecule has 6 heteroatoms. The minimum Gasteiger partial charge on any atom is -0.481 e. The number of ether oxygens (including phenoxy) is 1. The van der Waals surface area contributed by atoms with Gasteiger partial charge in [0.1, 0.15) is 5.75 Å². The van der Waals surface area contributed by atoms with Gasteiger partial charge in [0.05, 0.1) is 11.0 Å². The van der Waals surface area contributed by atoms with Crippen molar-refractivity contribution in [2.75, 3.05) is 6.54 Å². The van der Waals surface area contributed by atoms with Gasteiger partial charge in [-0.3, -0.25) is 14.9 Å². The molecule has 0 spiro atoms. The molecule has 0 saturated heterocycles. The smallest absolute Gasteiger partial charge is 0.273 e. The topological polar surface area (TPSA) is 81.5 Å². The van der Waals surface area contributed by atoms with E-state index in [9.17, 15) is 14.9 Å². The molecule has 1 amide bonds. The number of benzene rings is 2. The first kappa shape index (κ1) is 17.5. The Morgan fingerprint density at radius 3 is 2.54 bits per heavy atom. The summed E-state index contributed by atoms with van der Waals surface area (Å²) in [5.74, 6) is 0.215. The molecule has 126 valence electrons. The number of nitro groups is 1. The zero-order valence-corrected chi connectivity index (χ0v) is 13.6. The van der Waals surface area contributed by atoms with E-state index in [1.165, 1.54) is 18.2 Å². The Kier molecular flexibility index (Phi) is 5.89. The van der Waals surface area contributed by atoms with E-state index in [0.717, 1.165) is 5.56 Å². The van der Waals surface area contributed by atoms with Crippen LogP contribution in [-0.2, 0) is 4.79 Å². The molecule has 2 atom stereocenters. The monoisotopic (exact) mass is 328 g/mol. The summed E-state index contributed by atoms with van der Waals surface area (Å²) >= 11 is 0. The van der Waals surface area contributed by atoms with Crippen molar-refractivity contribution >= 4 is 11.6 Å². The fourth-order valence-corrected chi connectivity index (χ4v) is 2.22. The second kappa shape index (κ2) is 8.10. The molecule has 1 N–H and O–H groups in total. The summed E-state index contributed by atoms with van der Waals surface area (Å²) in [4.78, 5) is 22.4. The van der Waals surface area contributed by atoms with Gasteiger partial charge in [0, 0.05) is 12.6 Å². The molecule has 0 bridgehead atoms. The van der Waals surface area contributed by atoms with Crippen LogP contribution in [0.4, 0.5) is 5.69 Å². The maximum Gasteiger partial charge on any atom is 0.273 e. The highest BCUT2D eigenvalue weighted by Crippen LogP contribution is 2.20. The van der Waals surface area contributed by atoms with E-state index in [0.29, 0.717) is 12.3 Å². The van der Waals surface area contributed by atoms with Crippen molar-refractivity contribution in [3.8, 4) is 5.75 Å². The van der Waals surface area contributed by atoms with Crippen LogP contribution >= 0.6 is 0 Å². The number of amides is 1. The lowest BCUT2D eigenvalue weighted by Gasteiger charge is -2.17. The van der Waals surface area contributed by atoms with Gasteiger partial charge in [-0.25, -0.2) is 0 Å². The summed E-state index contributed by atoms with van der Waals surface area (Å²) < 4.78 is 5.49. The first-order valence-corrected chi connectivity index (χ1v) is 7.71. The highest BCUT2D eigenvalue weighted by Gasteiger charge is 2.17. The Morgan fingerprint density at radius 1 is 1.17 bits per heavy atom. The molecule has 2 rings (SSSR count). The second-order valence-electron chi connectivity index (χ2n) is 5.57. The van der Waals surface area contributed by atoms with Crippen LogP contribution in [-0.4, -0.2) is 23.5 Å². The van der Waals surface area contributed by atoms with Crippen molar-refractivity contribution in [3.05, 3.63) is 70.3 Å². The van der Waals surface area contributed by atoms with E-state index in [1.54, 1.807) is 13.0 Å². The molecule has 0 saturated carbocycles. The van der Waals surface area contributed by atoms with Crippen LogP contribution in [0.5, 0.6) is 5.75 Å². The average Bonchev–Trinajstić information content (AvgIpc) is 2.60. The molecule has 6 nitrogen and oxygen atoms in total. The Morgan fingerprint density at radius 2 is 1.88 bits per heavy atom. The summed E-state index contributed by atoms with van der Waals surface area (Å²) in [5, 5.41) is 13.6. The molecule has 0 heterocycles. The van der Waals surface area contributed by atoms with Crippen LogP contribution in [0.2, 0.25) is 0 Å². The molecule has 2 aromatic carbocycles. The fraction of sp³-hybridized carbons (Fsp3) is 0.278. The molecular weight excluding hydrogens is 308 g/mol. The third-order valence-electron chi connectivity index (χ3n) is 3.66. The lowest BCUT2D eigenvalue weighted by Crippen LogP contribution is -2.38. The number of nitrogens with one attached hydrogen (secondary N) is 1.